The van der Waals surface area contributed by atoms with E-state index in [0.717, 1.165) is 22.6 Å². The van der Waals surface area contributed by atoms with E-state index in [-0.39, 0.29) is 18.7 Å². The van der Waals surface area contributed by atoms with Crippen LogP contribution in [-0.4, -0.2) is 42.4 Å². The Hall–Kier alpha value is -4.27. The number of nitrogens with one attached hydrogen (secondary N) is 1. The third-order valence-corrected chi connectivity index (χ3v) is 5.71. The molecule has 1 aliphatic rings. The highest BCUT2D eigenvalue weighted by molar-refractivity contribution is 6.22. The summed E-state index contributed by atoms with van der Waals surface area (Å²) in [6.07, 6.45) is 0.151. The lowest BCUT2D eigenvalue weighted by Crippen LogP contribution is -2.39. The number of halogens is 2. The normalized spacial score (nSPS) is 15.5. The summed E-state index contributed by atoms with van der Waals surface area (Å²) < 4.78 is 31.7. The minimum absolute atomic E-state index is 0.184. The Labute approximate surface area is 200 Å². The number of ether oxygens (including phenoxy) is 1. The number of anilines is 2. The Morgan fingerprint density at radius 1 is 0.914 bits per heavy atom. The molecule has 1 aliphatic heterocycles. The number of amides is 4. The molecule has 0 aliphatic carbocycles. The molecule has 0 unspecified atom stereocenters. The predicted molar refractivity (Wildman–Crippen MR) is 126 cm³/mol. The molecule has 0 spiro atoms. The SMILES string of the molecule is COc1ccc(CCN2C(=O)N(c3ccc(F)cc3)C(=O)[C@H]2CC(=O)Nc2ccc(F)cc2)cc1. The van der Waals surface area contributed by atoms with Crippen LogP contribution in [0.3, 0.4) is 0 Å². The van der Waals surface area contributed by atoms with Crippen molar-refractivity contribution >= 4 is 29.2 Å². The molecule has 3 aromatic rings. The molecule has 0 aromatic heterocycles. The molecule has 180 valence electrons. The average molecular weight is 479 g/mol. The van der Waals surface area contributed by atoms with Gasteiger partial charge in [0.05, 0.1) is 19.2 Å². The summed E-state index contributed by atoms with van der Waals surface area (Å²) in [4.78, 5) is 41.5. The lowest BCUT2D eigenvalue weighted by Gasteiger charge is -2.21. The maximum atomic E-state index is 13.4. The van der Waals surface area contributed by atoms with Crippen molar-refractivity contribution in [2.45, 2.75) is 18.9 Å². The zero-order valence-corrected chi connectivity index (χ0v) is 18.9. The van der Waals surface area contributed by atoms with Crippen molar-refractivity contribution in [1.29, 1.82) is 0 Å². The molecule has 1 N–H and O–H groups in total. The van der Waals surface area contributed by atoms with Crippen molar-refractivity contribution < 1.29 is 27.9 Å². The first-order valence-electron chi connectivity index (χ1n) is 10.9. The van der Waals surface area contributed by atoms with Crippen LogP contribution in [0.15, 0.2) is 72.8 Å². The van der Waals surface area contributed by atoms with Gasteiger partial charge in [-0.15, -0.1) is 0 Å². The Morgan fingerprint density at radius 2 is 1.51 bits per heavy atom. The van der Waals surface area contributed by atoms with E-state index in [4.69, 9.17) is 4.74 Å². The highest BCUT2D eigenvalue weighted by Crippen LogP contribution is 2.28. The molecule has 1 fully saturated rings. The molecule has 0 saturated carbocycles. The summed E-state index contributed by atoms with van der Waals surface area (Å²) >= 11 is 0. The van der Waals surface area contributed by atoms with Gasteiger partial charge in [-0.3, -0.25) is 9.59 Å². The van der Waals surface area contributed by atoms with Crippen molar-refractivity contribution in [1.82, 2.24) is 4.90 Å². The fourth-order valence-electron chi connectivity index (χ4n) is 3.88. The highest BCUT2D eigenvalue weighted by Gasteiger charge is 2.46. The zero-order valence-electron chi connectivity index (χ0n) is 18.9. The van der Waals surface area contributed by atoms with Gasteiger partial charge in [-0.25, -0.2) is 18.5 Å². The summed E-state index contributed by atoms with van der Waals surface area (Å²) in [6, 6.07) is 15.9. The van der Waals surface area contributed by atoms with Crippen molar-refractivity contribution in [3.63, 3.8) is 0 Å². The molecule has 1 heterocycles. The number of urea groups is 1. The van der Waals surface area contributed by atoms with Crippen LogP contribution < -0.4 is 15.0 Å². The second kappa shape index (κ2) is 10.3. The minimum Gasteiger partial charge on any atom is -0.497 e. The Kier molecular flexibility index (Phi) is 7.05. The molecule has 3 aromatic carbocycles. The molecule has 4 rings (SSSR count). The number of benzene rings is 3. The number of carbonyl (C=O) groups excluding carboxylic acids is 3. The van der Waals surface area contributed by atoms with Crippen molar-refractivity contribution in [3.05, 3.63) is 90.0 Å². The molecule has 0 bridgehead atoms. The van der Waals surface area contributed by atoms with E-state index in [2.05, 4.69) is 5.32 Å². The molecular weight excluding hydrogens is 456 g/mol. The van der Waals surface area contributed by atoms with Gasteiger partial charge in [0.2, 0.25) is 5.91 Å². The molecule has 7 nitrogen and oxygen atoms in total. The van der Waals surface area contributed by atoms with Gasteiger partial charge in [0.15, 0.2) is 0 Å². The number of rotatable bonds is 8. The van der Waals surface area contributed by atoms with Crippen molar-refractivity contribution in [3.8, 4) is 5.75 Å². The predicted octanol–water partition coefficient (Wildman–Crippen LogP) is 4.38. The molecule has 1 saturated heterocycles. The monoisotopic (exact) mass is 479 g/mol. The topological polar surface area (TPSA) is 79.0 Å². The smallest absolute Gasteiger partial charge is 0.332 e. The summed E-state index contributed by atoms with van der Waals surface area (Å²) in [7, 11) is 1.56. The Bertz CT molecular complexity index is 1210. The van der Waals surface area contributed by atoms with Gasteiger partial charge in [-0.2, -0.15) is 0 Å². The quantitative estimate of drug-likeness (QED) is 0.487. The van der Waals surface area contributed by atoms with Crippen LogP contribution in [0.25, 0.3) is 0 Å². The maximum absolute atomic E-state index is 13.4. The number of hydrogen-bond acceptors (Lipinski definition) is 4. The van der Waals surface area contributed by atoms with Gasteiger partial charge in [0.25, 0.3) is 5.91 Å². The van der Waals surface area contributed by atoms with E-state index in [1.165, 1.54) is 41.3 Å². The molecule has 35 heavy (non-hydrogen) atoms. The lowest BCUT2D eigenvalue weighted by molar-refractivity contribution is -0.124. The summed E-state index contributed by atoms with van der Waals surface area (Å²) in [5.41, 5.74) is 1.51. The highest BCUT2D eigenvalue weighted by atomic mass is 19.1. The third-order valence-electron chi connectivity index (χ3n) is 5.71. The molecule has 1 atom stereocenters. The lowest BCUT2D eigenvalue weighted by atomic mass is 10.1. The summed E-state index contributed by atoms with van der Waals surface area (Å²) in [6.45, 7) is 0.184. The first-order valence-corrected chi connectivity index (χ1v) is 10.9. The second-order valence-electron chi connectivity index (χ2n) is 8.00. The number of imide groups is 1. The maximum Gasteiger partial charge on any atom is 0.332 e. The minimum atomic E-state index is -1.05. The van der Waals surface area contributed by atoms with E-state index < -0.39 is 35.5 Å². The van der Waals surface area contributed by atoms with Gasteiger partial charge in [0.1, 0.15) is 23.4 Å². The first kappa shape index (κ1) is 23.9. The fourth-order valence-corrected chi connectivity index (χ4v) is 3.88. The molecule has 4 amide bonds. The van der Waals surface area contributed by atoms with Gasteiger partial charge < -0.3 is 15.0 Å². The largest absolute Gasteiger partial charge is 0.497 e. The van der Waals surface area contributed by atoms with Crippen LogP contribution in [0.5, 0.6) is 5.75 Å². The van der Waals surface area contributed by atoms with Crippen LogP contribution in [0, 0.1) is 11.6 Å². The third kappa shape index (κ3) is 5.46. The number of carbonyl (C=O) groups is 3. The van der Waals surface area contributed by atoms with E-state index in [1.54, 1.807) is 19.2 Å². The van der Waals surface area contributed by atoms with E-state index in [1.807, 2.05) is 12.1 Å². The summed E-state index contributed by atoms with van der Waals surface area (Å²) in [5, 5.41) is 2.62. The van der Waals surface area contributed by atoms with Gasteiger partial charge in [0, 0.05) is 12.2 Å². The Morgan fingerprint density at radius 3 is 2.11 bits per heavy atom. The zero-order chi connectivity index (χ0) is 24.9. The number of nitrogens with zero attached hydrogens (tertiary/aromatic N) is 2. The van der Waals surface area contributed by atoms with Gasteiger partial charge in [-0.05, 0) is 72.6 Å². The van der Waals surface area contributed by atoms with Crippen molar-refractivity contribution in [2.75, 3.05) is 23.9 Å². The number of methoxy groups -OCH3 is 1. The standard InChI is InChI=1S/C26H23F2N3O4/c1-35-22-12-2-17(3-13-22)14-15-30-23(16-24(32)29-20-8-4-18(27)5-9-20)25(33)31(26(30)34)21-10-6-19(28)7-11-21/h2-13,23H,14-16H2,1H3,(H,29,32)/t23-/m1/s1. The van der Waals surface area contributed by atoms with E-state index >= 15 is 0 Å². The molecule has 0 radical (unpaired) electrons. The molecule has 9 heteroatoms. The van der Waals surface area contributed by atoms with E-state index in [9.17, 15) is 23.2 Å². The van der Waals surface area contributed by atoms with Crippen LogP contribution in [0.2, 0.25) is 0 Å². The van der Waals surface area contributed by atoms with E-state index in [0.29, 0.717) is 17.9 Å². The van der Waals surface area contributed by atoms with Crippen LogP contribution in [0.4, 0.5) is 25.0 Å². The summed E-state index contributed by atoms with van der Waals surface area (Å²) in [5.74, 6) is -1.33. The first-order chi connectivity index (χ1) is 16.9. The van der Waals surface area contributed by atoms with Gasteiger partial charge >= 0.3 is 6.03 Å². The molecular formula is C26H23F2N3O4. The fraction of sp³-hybridized carbons (Fsp3) is 0.192. The van der Waals surface area contributed by atoms with Crippen molar-refractivity contribution in [2.24, 2.45) is 0 Å². The number of hydrogen-bond donors (Lipinski definition) is 1. The van der Waals surface area contributed by atoms with Crippen LogP contribution in [-0.2, 0) is 16.0 Å². The average Bonchev–Trinajstić information content (AvgIpc) is 3.08. The van der Waals surface area contributed by atoms with Crippen LogP contribution >= 0.6 is 0 Å². The van der Waals surface area contributed by atoms with Crippen LogP contribution in [0.1, 0.15) is 12.0 Å². The second-order valence-corrected chi connectivity index (χ2v) is 8.00. The Balaban J connectivity index is 1.54. The van der Waals surface area contributed by atoms with Gasteiger partial charge in [-0.1, -0.05) is 12.1 Å².